The average Bonchev–Trinajstić information content (AvgIpc) is 2.58. The molecule has 0 aliphatic rings. The molecule has 0 spiro atoms. The van der Waals surface area contributed by atoms with Crippen molar-refractivity contribution >= 4 is 10.0 Å². The maximum atomic E-state index is 13.3. The quantitative estimate of drug-likeness (QED) is 0.545. The first-order valence-electron chi connectivity index (χ1n) is 9.39. The largest absolute Gasteiger partial charge is 0.241 e. The summed E-state index contributed by atoms with van der Waals surface area (Å²) in [5, 5.41) is 0. The van der Waals surface area contributed by atoms with Gasteiger partial charge in [-0.15, -0.1) is 6.42 Å². The van der Waals surface area contributed by atoms with Gasteiger partial charge in [0, 0.05) is 6.04 Å². The van der Waals surface area contributed by atoms with Crippen molar-refractivity contribution in [3.63, 3.8) is 0 Å². The highest BCUT2D eigenvalue weighted by molar-refractivity contribution is 7.89. The van der Waals surface area contributed by atoms with Crippen molar-refractivity contribution in [3.05, 3.63) is 76.4 Å². The van der Waals surface area contributed by atoms with E-state index in [0.717, 1.165) is 27.8 Å². The third-order valence-electron chi connectivity index (χ3n) is 4.62. The summed E-state index contributed by atoms with van der Waals surface area (Å²) in [5.74, 6) is 2.42. The number of allylic oxidation sites excluding steroid dienone is 1. The maximum Gasteiger partial charge on any atom is 0.241 e. The minimum absolute atomic E-state index is 0.337. The highest BCUT2D eigenvalue weighted by Crippen LogP contribution is 2.24. The Morgan fingerprint density at radius 1 is 1.11 bits per heavy atom. The predicted octanol–water partition coefficient (Wildman–Crippen LogP) is 4.72. The minimum Gasteiger partial charge on any atom is -0.207 e. The Labute approximate surface area is 169 Å². The van der Waals surface area contributed by atoms with Crippen molar-refractivity contribution in [1.29, 1.82) is 0 Å². The van der Waals surface area contributed by atoms with Gasteiger partial charge in [0.25, 0.3) is 0 Å². The molecule has 0 saturated heterocycles. The van der Waals surface area contributed by atoms with Crippen molar-refractivity contribution in [3.8, 4) is 12.3 Å². The molecule has 0 heterocycles. The lowest BCUT2D eigenvalue weighted by Gasteiger charge is -2.24. The zero-order chi connectivity index (χ0) is 20.9. The van der Waals surface area contributed by atoms with Crippen LogP contribution in [0, 0.1) is 39.0 Å². The lowest BCUT2D eigenvalue weighted by molar-refractivity contribution is 0.510. The van der Waals surface area contributed by atoms with Crippen LogP contribution in [0.2, 0.25) is 0 Å². The molecule has 2 aromatic carbocycles. The Morgan fingerprint density at radius 2 is 1.68 bits per heavy atom. The van der Waals surface area contributed by atoms with Gasteiger partial charge in [-0.05, 0) is 57.7 Å². The van der Waals surface area contributed by atoms with Crippen LogP contribution in [0.15, 0.2) is 59.0 Å². The molecule has 0 aliphatic carbocycles. The third kappa shape index (κ3) is 5.58. The minimum atomic E-state index is -3.72. The van der Waals surface area contributed by atoms with Gasteiger partial charge >= 0.3 is 0 Å². The normalized spacial score (nSPS) is 13.4. The average molecular weight is 396 g/mol. The Morgan fingerprint density at radius 3 is 2.18 bits per heavy atom. The third-order valence-corrected chi connectivity index (χ3v) is 6.41. The van der Waals surface area contributed by atoms with Crippen LogP contribution in [0.1, 0.15) is 36.1 Å². The maximum absolute atomic E-state index is 13.3. The lowest BCUT2D eigenvalue weighted by Crippen LogP contribution is -2.41. The molecular weight excluding hydrogens is 366 g/mol. The zero-order valence-corrected chi connectivity index (χ0v) is 18.1. The molecule has 0 aromatic heterocycles. The predicted molar refractivity (Wildman–Crippen MR) is 117 cm³/mol. The van der Waals surface area contributed by atoms with Crippen LogP contribution in [-0.4, -0.2) is 14.5 Å². The molecule has 0 aliphatic heterocycles. The summed E-state index contributed by atoms with van der Waals surface area (Å²) in [4.78, 5) is 0.337. The van der Waals surface area contributed by atoms with E-state index in [1.54, 1.807) is 0 Å². The SMILES string of the molecule is C#C[C@@H](C=C(C)C)[C@H](Cc1ccccc1)NS(=O)(=O)c1c(C)cc(C)cc1C. The number of rotatable bonds is 7. The van der Waals surface area contributed by atoms with E-state index in [2.05, 4.69) is 10.6 Å². The summed E-state index contributed by atoms with van der Waals surface area (Å²) in [6, 6.07) is 13.1. The van der Waals surface area contributed by atoms with E-state index < -0.39 is 16.1 Å². The van der Waals surface area contributed by atoms with Crippen molar-refractivity contribution < 1.29 is 8.42 Å². The van der Waals surface area contributed by atoms with Gasteiger partial charge in [-0.2, -0.15) is 0 Å². The highest BCUT2D eigenvalue weighted by Gasteiger charge is 2.27. The summed E-state index contributed by atoms with van der Waals surface area (Å²) >= 11 is 0. The van der Waals surface area contributed by atoms with E-state index in [-0.39, 0.29) is 5.92 Å². The first-order chi connectivity index (χ1) is 13.1. The van der Waals surface area contributed by atoms with Crippen LogP contribution in [0.25, 0.3) is 0 Å². The van der Waals surface area contributed by atoms with Gasteiger partial charge in [-0.3, -0.25) is 0 Å². The van der Waals surface area contributed by atoms with Crippen LogP contribution in [-0.2, 0) is 16.4 Å². The van der Waals surface area contributed by atoms with Gasteiger partial charge in [-0.25, -0.2) is 13.1 Å². The van der Waals surface area contributed by atoms with Crippen LogP contribution in [0.5, 0.6) is 0 Å². The molecule has 148 valence electrons. The fourth-order valence-corrected chi connectivity index (χ4v) is 5.31. The second kappa shape index (κ2) is 9.23. The van der Waals surface area contributed by atoms with Gasteiger partial charge in [0.2, 0.25) is 10.0 Å². The van der Waals surface area contributed by atoms with Gasteiger partial charge in [0.05, 0.1) is 10.8 Å². The molecule has 0 bridgehead atoms. The lowest BCUT2D eigenvalue weighted by atomic mass is 9.93. The van der Waals surface area contributed by atoms with Crippen molar-refractivity contribution in [2.45, 2.75) is 52.0 Å². The van der Waals surface area contributed by atoms with Crippen LogP contribution in [0.3, 0.4) is 0 Å². The van der Waals surface area contributed by atoms with E-state index in [0.29, 0.717) is 11.3 Å². The van der Waals surface area contributed by atoms with Crippen LogP contribution < -0.4 is 4.72 Å². The van der Waals surface area contributed by atoms with Gasteiger partial charge in [-0.1, -0.05) is 65.6 Å². The van der Waals surface area contributed by atoms with E-state index in [9.17, 15) is 8.42 Å². The zero-order valence-electron chi connectivity index (χ0n) is 17.3. The van der Waals surface area contributed by atoms with Gasteiger partial charge in [0.15, 0.2) is 0 Å². The Hall–Kier alpha value is -2.35. The Bertz CT molecular complexity index is 972. The smallest absolute Gasteiger partial charge is 0.207 e. The molecule has 2 rings (SSSR count). The number of benzene rings is 2. The topological polar surface area (TPSA) is 46.2 Å². The molecule has 4 heteroatoms. The molecule has 0 radical (unpaired) electrons. The number of terminal acetylenes is 1. The first-order valence-corrected chi connectivity index (χ1v) is 10.9. The monoisotopic (exact) mass is 395 g/mol. The van der Waals surface area contributed by atoms with Crippen molar-refractivity contribution in [2.75, 3.05) is 0 Å². The molecule has 1 N–H and O–H groups in total. The number of hydrogen-bond donors (Lipinski definition) is 1. The molecule has 0 amide bonds. The highest BCUT2D eigenvalue weighted by atomic mass is 32.2. The number of aryl methyl sites for hydroxylation is 3. The Kier molecular flexibility index (Phi) is 7.23. The van der Waals surface area contributed by atoms with Gasteiger partial charge < -0.3 is 0 Å². The molecule has 2 aromatic rings. The van der Waals surface area contributed by atoms with E-state index >= 15 is 0 Å². The molecule has 3 nitrogen and oxygen atoms in total. The van der Waals surface area contributed by atoms with E-state index in [1.807, 2.05) is 83.2 Å². The fraction of sp³-hybridized carbons (Fsp3) is 0.333. The summed E-state index contributed by atoms with van der Waals surface area (Å²) in [6.07, 6.45) is 8.25. The molecule has 2 atom stereocenters. The second-order valence-electron chi connectivity index (χ2n) is 7.58. The fourth-order valence-electron chi connectivity index (χ4n) is 3.60. The van der Waals surface area contributed by atoms with Crippen LogP contribution in [0.4, 0.5) is 0 Å². The molecule has 0 fully saturated rings. The van der Waals surface area contributed by atoms with E-state index in [4.69, 9.17) is 6.42 Å². The van der Waals surface area contributed by atoms with Crippen molar-refractivity contribution in [1.82, 2.24) is 4.72 Å². The summed E-state index contributed by atoms with van der Waals surface area (Å²) in [7, 11) is -3.72. The summed E-state index contributed by atoms with van der Waals surface area (Å²) in [6.45, 7) is 9.55. The standard InChI is InChI=1S/C24H29NO2S/c1-7-22(13-17(2)3)23(16-21-11-9-8-10-12-21)25-28(26,27)24-19(5)14-18(4)15-20(24)6/h1,8-15,22-23,25H,16H2,2-6H3/t22-,23-/m0/s1. The Balaban J connectivity index is 2.46. The van der Waals surface area contributed by atoms with Crippen molar-refractivity contribution in [2.24, 2.45) is 5.92 Å². The number of nitrogens with one attached hydrogen (secondary N) is 1. The second-order valence-corrected chi connectivity index (χ2v) is 9.23. The summed E-state index contributed by atoms with van der Waals surface area (Å²) < 4.78 is 29.5. The molecule has 0 unspecified atom stereocenters. The van der Waals surface area contributed by atoms with Crippen LogP contribution >= 0.6 is 0 Å². The number of sulfonamides is 1. The molecule has 28 heavy (non-hydrogen) atoms. The number of hydrogen-bond acceptors (Lipinski definition) is 2. The molecule has 0 saturated carbocycles. The first kappa shape index (κ1) is 21.9. The van der Waals surface area contributed by atoms with E-state index in [1.165, 1.54) is 0 Å². The van der Waals surface area contributed by atoms with Gasteiger partial charge in [0.1, 0.15) is 0 Å². The summed E-state index contributed by atoms with van der Waals surface area (Å²) in [5.41, 5.74) is 4.62. The molecular formula is C24H29NO2S.